The SMILES string of the molecule is Cc1ccc(CN2CCN(Cc3ccc(O)cc3)C[C@H]2CCO)o1. The summed E-state index contributed by atoms with van der Waals surface area (Å²) in [7, 11) is 0. The average molecular weight is 330 g/mol. The van der Waals surface area contributed by atoms with E-state index in [4.69, 9.17) is 4.42 Å². The highest BCUT2D eigenvalue weighted by Crippen LogP contribution is 2.20. The highest BCUT2D eigenvalue weighted by molar-refractivity contribution is 5.25. The molecule has 0 saturated carbocycles. The lowest BCUT2D eigenvalue weighted by Crippen LogP contribution is -2.52. The topological polar surface area (TPSA) is 60.1 Å². The normalized spacial score (nSPS) is 19.7. The van der Waals surface area contributed by atoms with Crippen LogP contribution in [0.25, 0.3) is 0 Å². The third kappa shape index (κ3) is 4.38. The van der Waals surface area contributed by atoms with Gasteiger partial charge in [-0.1, -0.05) is 12.1 Å². The van der Waals surface area contributed by atoms with E-state index in [2.05, 4.69) is 9.80 Å². The second-order valence-electron chi connectivity index (χ2n) is 6.55. The van der Waals surface area contributed by atoms with Gasteiger partial charge in [-0.15, -0.1) is 0 Å². The summed E-state index contributed by atoms with van der Waals surface area (Å²) in [6.07, 6.45) is 0.770. The lowest BCUT2D eigenvalue weighted by molar-refractivity contribution is 0.0454. The molecule has 1 saturated heterocycles. The van der Waals surface area contributed by atoms with Crippen LogP contribution in [0.1, 0.15) is 23.5 Å². The van der Waals surface area contributed by atoms with Gasteiger partial charge in [0.25, 0.3) is 0 Å². The number of rotatable bonds is 6. The van der Waals surface area contributed by atoms with Gasteiger partial charge in [0.2, 0.25) is 0 Å². The molecule has 2 heterocycles. The second kappa shape index (κ2) is 7.83. The van der Waals surface area contributed by atoms with Crippen LogP contribution in [-0.4, -0.2) is 52.3 Å². The molecule has 2 aromatic rings. The first-order chi connectivity index (χ1) is 11.6. The first-order valence-corrected chi connectivity index (χ1v) is 8.54. The molecular formula is C19H26N2O3. The quantitative estimate of drug-likeness (QED) is 0.851. The van der Waals surface area contributed by atoms with E-state index in [0.29, 0.717) is 11.8 Å². The maximum Gasteiger partial charge on any atom is 0.118 e. The second-order valence-corrected chi connectivity index (χ2v) is 6.55. The Balaban J connectivity index is 1.60. The summed E-state index contributed by atoms with van der Waals surface area (Å²) in [5, 5.41) is 18.8. The first kappa shape index (κ1) is 17.0. The number of aryl methyl sites for hydroxylation is 1. The van der Waals surface area contributed by atoms with E-state index >= 15 is 0 Å². The van der Waals surface area contributed by atoms with Crippen LogP contribution in [0.5, 0.6) is 5.75 Å². The lowest BCUT2D eigenvalue weighted by Gasteiger charge is -2.41. The lowest BCUT2D eigenvalue weighted by atomic mass is 10.1. The number of phenols is 1. The van der Waals surface area contributed by atoms with Crippen LogP contribution in [0, 0.1) is 6.92 Å². The zero-order chi connectivity index (χ0) is 16.9. The minimum atomic E-state index is 0.200. The molecule has 1 aromatic carbocycles. The van der Waals surface area contributed by atoms with Crippen LogP contribution in [-0.2, 0) is 13.1 Å². The van der Waals surface area contributed by atoms with Crippen molar-refractivity contribution in [3.63, 3.8) is 0 Å². The third-order valence-corrected chi connectivity index (χ3v) is 4.65. The van der Waals surface area contributed by atoms with E-state index in [0.717, 1.165) is 50.7 Å². The molecule has 1 aromatic heterocycles. The first-order valence-electron chi connectivity index (χ1n) is 8.54. The van der Waals surface area contributed by atoms with E-state index in [1.165, 1.54) is 5.56 Å². The molecule has 2 N–H and O–H groups in total. The molecule has 0 unspecified atom stereocenters. The van der Waals surface area contributed by atoms with Crippen LogP contribution >= 0.6 is 0 Å². The number of aromatic hydroxyl groups is 1. The Morgan fingerprint density at radius 2 is 1.88 bits per heavy atom. The molecule has 0 spiro atoms. The van der Waals surface area contributed by atoms with Crippen LogP contribution in [0.15, 0.2) is 40.8 Å². The maximum absolute atomic E-state index is 9.42. The van der Waals surface area contributed by atoms with Crippen molar-refractivity contribution in [2.24, 2.45) is 0 Å². The molecule has 1 fully saturated rings. The molecule has 5 heteroatoms. The minimum absolute atomic E-state index is 0.200. The number of benzene rings is 1. The Labute approximate surface area is 143 Å². The van der Waals surface area contributed by atoms with Crippen molar-refractivity contribution >= 4 is 0 Å². The summed E-state index contributed by atoms with van der Waals surface area (Å²) < 4.78 is 5.70. The van der Waals surface area contributed by atoms with Gasteiger partial charge in [0.15, 0.2) is 0 Å². The van der Waals surface area contributed by atoms with E-state index in [9.17, 15) is 10.2 Å². The van der Waals surface area contributed by atoms with Crippen LogP contribution in [0.3, 0.4) is 0 Å². The van der Waals surface area contributed by atoms with Crippen molar-refractivity contribution in [1.29, 1.82) is 0 Å². The number of piperazine rings is 1. The number of aliphatic hydroxyl groups is 1. The van der Waals surface area contributed by atoms with Gasteiger partial charge in [0.1, 0.15) is 17.3 Å². The highest BCUT2D eigenvalue weighted by atomic mass is 16.3. The molecule has 1 atom stereocenters. The predicted molar refractivity (Wildman–Crippen MR) is 92.7 cm³/mol. The molecule has 0 radical (unpaired) electrons. The molecule has 0 aliphatic carbocycles. The Morgan fingerprint density at radius 3 is 2.54 bits per heavy atom. The largest absolute Gasteiger partial charge is 0.508 e. The van der Waals surface area contributed by atoms with Gasteiger partial charge >= 0.3 is 0 Å². The molecular weight excluding hydrogens is 304 g/mol. The fourth-order valence-corrected chi connectivity index (χ4v) is 3.36. The van der Waals surface area contributed by atoms with Gasteiger partial charge in [-0.3, -0.25) is 9.80 Å². The van der Waals surface area contributed by atoms with Gasteiger partial charge in [-0.05, 0) is 43.2 Å². The Kier molecular flexibility index (Phi) is 5.56. The predicted octanol–water partition coefficient (Wildman–Crippen LogP) is 2.36. The summed E-state index contributed by atoms with van der Waals surface area (Å²) >= 11 is 0. The number of hydrogen-bond acceptors (Lipinski definition) is 5. The molecule has 130 valence electrons. The average Bonchev–Trinajstić information content (AvgIpc) is 2.97. The molecule has 5 nitrogen and oxygen atoms in total. The molecule has 1 aliphatic rings. The van der Waals surface area contributed by atoms with E-state index in [1.807, 2.05) is 31.2 Å². The number of phenolic OH excluding ortho intramolecular Hbond substituents is 1. The Bertz CT molecular complexity index is 638. The third-order valence-electron chi connectivity index (χ3n) is 4.65. The summed E-state index contributed by atoms with van der Waals surface area (Å²) in [5.74, 6) is 2.23. The van der Waals surface area contributed by atoms with Crippen molar-refractivity contribution in [1.82, 2.24) is 9.80 Å². The van der Waals surface area contributed by atoms with Gasteiger partial charge < -0.3 is 14.6 Å². The fourth-order valence-electron chi connectivity index (χ4n) is 3.36. The van der Waals surface area contributed by atoms with E-state index < -0.39 is 0 Å². The standard InChI is InChI=1S/C19H26N2O3/c1-15-2-7-19(24-15)14-21-10-9-20(13-17(21)8-11-22)12-16-3-5-18(23)6-4-16/h2-7,17,22-23H,8-14H2,1H3/t17-/m1/s1. The summed E-state index contributed by atoms with van der Waals surface area (Å²) in [6.45, 7) is 6.71. The van der Waals surface area contributed by atoms with Gasteiger partial charge in [0, 0.05) is 38.8 Å². The number of nitrogens with zero attached hydrogens (tertiary/aromatic N) is 2. The van der Waals surface area contributed by atoms with E-state index in [1.54, 1.807) is 12.1 Å². The van der Waals surface area contributed by atoms with Crippen LogP contribution < -0.4 is 0 Å². The van der Waals surface area contributed by atoms with Gasteiger partial charge in [0.05, 0.1) is 6.54 Å². The molecule has 0 amide bonds. The number of furan rings is 1. The summed E-state index contributed by atoms with van der Waals surface area (Å²) in [6, 6.07) is 11.8. The molecule has 1 aliphatic heterocycles. The summed E-state index contributed by atoms with van der Waals surface area (Å²) in [5.41, 5.74) is 1.20. The molecule has 24 heavy (non-hydrogen) atoms. The van der Waals surface area contributed by atoms with Crippen molar-refractivity contribution in [2.75, 3.05) is 26.2 Å². The Morgan fingerprint density at radius 1 is 1.08 bits per heavy atom. The van der Waals surface area contributed by atoms with Crippen molar-refractivity contribution in [2.45, 2.75) is 32.5 Å². The zero-order valence-corrected chi connectivity index (χ0v) is 14.2. The fraction of sp³-hybridized carbons (Fsp3) is 0.474. The minimum Gasteiger partial charge on any atom is -0.508 e. The van der Waals surface area contributed by atoms with Crippen LogP contribution in [0.2, 0.25) is 0 Å². The maximum atomic E-state index is 9.42. The number of hydrogen-bond donors (Lipinski definition) is 2. The zero-order valence-electron chi connectivity index (χ0n) is 14.2. The highest BCUT2D eigenvalue weighted by Gasteiger charge is 2.27. The number of aliphatic hydroxyl groups excluding tert-OH is 1. The smallest absolute Gasteiger partial charge is 0.118 e. The van der Waals surface area contributed by atoms with Crippen LogP contribution in [0.4, 0.5) is 0 Å². The van der Waals surface area contributed by atoms with Crippen molar-refractivity contribution in [3.05, 3.63) is 53.5 Å². The summed E-state index contributed by atoms with van der Waals surface area (Å²) in [4.78, 5) is 4.82. The van der Waals surface area contributed by atoms with E-state index in [-0.39, 0.29) is 6.61 Å². The van der Waals surface area contributed by atoms with Gasteiger partial charge in [-0.2, -0.15) is 0 Å². The van der Waals surface area contributed by atoms with Crippen molar-refractivity contribution in [3.8, 4) is 5.75 Å². The van der Waals surface area contributed by atoms with Gasteiger partial charge in [-0.25, -0.2) is 0 Å². The molecule has 3 rings (SSSR count). The monoisotopic (exact) mass is 330 g/mol. The van der Waals surface area contributed by atoms with Crippen molar-refractivity contribution < 1.29 is 14.6 Å². The Hall–Kier alpha value is -1.82. The molecule has 0 bridgehead atoms.